The SMILES string of the molecule is Cc1cc(I)cc(C(=O)NC(C)(C#N)C2CC2)c1NC(=O)c1cc(Br)nn1-c1ncccc1Cl. The minimum atomic E-state index is -0.966. The van der Waals surface area contributed by atoms with E-state index in [1.807, 2.05) is 13.0 Å². The number of aromatic nitrogens is 3. The van der Waals surface area contributed by atoms with E-state index >= 15 is 0 Å². The van der Waals surface area contributed by atoms with Crippen molar-refractivity contribution >= 4 is 67.6 Å². The van der Waals surface area contributed by atoms with Gasteiger partial charge in [0.05, 0.1) is 22.3 Å². The van der Waals surface area contributed by atoms with Crippen molar-refractivity contribution in [1.29, 1.82) is 5.26 Å². The van der Waals surface area contributed by atoms with E-state index in [1.165, 1.54) is 4.68 Å². The quantitative estimate of drug-likeness (QED) is 0.352. The molecule has 0 radical (unpaired) electrons. The number of amides is 2. The van der Waals surface area contributed by atoms with Crippen LogP contribution < -0.4 is 10.6 Å². The van der Waals surface area contributed by atoms with Crippen LogP contribution in [0.25, 0.3) is 5.82 Å². The van der Waals surface area contributed by atoms with Gasteiger partial charge in [-0.25, -0.2) is 9.67 Å². The van der Waals surface area contributed by atoms with Gasteiger partial charge < -0.3 is 10.6 Å². The molecular weight excluding hydrogens is 635 g/mol. The molecule has 1 unspecified atom stereocenters. The number of hydrogen-bond acceptors (Lipinski definition) is 5. The minimum absolute atomic E-state index is 0.123. The molecule has 2 heterocycles. The fraction of sp³-hybridized carbons (Fsp3) is 0.261. The normalized spacial score (nSPS) is 14.7. The summed E-state index contributed by atoms with van der Waals surface area (Å²) >= 11 is 11.7. The second-order valence-corrected chi connectivity index (χ2v) is 10.7. The molecule has 8 nitrogen and oxygen atoms in total. The molecule has 3 aromatic rings. The molecule has 2 amide bonds. The van der Waals surface area contributed by atoms with Crippen LogP contribution in [0.5, 0.6) is 0 Å². The third kappa shape index (κ3) is 4.96. The van der Waals surface area contributed by atoms with E-state index in [-0.39, 0.29) is 17.2 Å². The van der Waals surface area contributed by atoms with Crippen LogP contribution in [0, 0.1) is 27.7 Å². The van der Waals surface area contributed by atoms with Crippen molar-refractivity contribution in [3.05, 3.63) is 66.5 Å². The molecule has 1 aromatic carbocycles. The predicted molar refractivity (Wildman–Crippen MR) is 140 cm³/mol. The van der Waals surface area contributed by atoms with Crippen molar-refractivity contribution in [2.75, 3.05) is 5.32 Å². The molecule has 1 atom stereocenters. The number of nitrogens with zero attached hydrogens (tertiary/aromatic N) is 4. The largest absolute Gasteiger partial charge is 0.334 e. The first kappa shape index (κ1) is 24.6. The first-order valence-corrected chi connectivity index (χ1v) is 12.6. The summed E-state index contributed by atoms with van der Waals surface area (Å²) in [5.41, 5.74) is 0.552. The highest BCUT2D eigenvalue weighted by Crippen LogP contribution is 2.39. The average Bonchev–Trinajstić information content (AvgIpc) is 3.58. The number of pyridine rings is 1. The number of hydrogen-bond donors (Lipinski definition) is 2. The van der Waals surface area contributed by atoms with Crippen LogP contribution in [-0.2, 0) is 0 Å². The number of nitrogens with one attached hydrogen (secondary N) is 2. The van der Waals surface area contributed by atoms with Gasteiger partial charge in [-0.2, -0.15) is 10.4 Å². The average molecular weight is 654 g/mol. The number of rotatable bonds is 6. The maximum Gasteiger partial charge on any atom is 0.274 e. The van der Waals surface area contributed by atoms with Gasteiger partial charge in [0.2, 0.25) is 0 Å². The Hall–Kier alpha value is -2.49. The summed E-state index contributed by atoms with van der Waals surface area (Å²) in [4.78, 5) is 30.8. The summed E-state index contributed by atoms with van der Waals surface area (Å²) in [5.74, 6) is -0.497. The van der Waals surface area contributed by atoms with Crippen molar-refractivity contribution in [3.8, 4) is 11.9 Å². The molecule has 174 valence electrons. The molecule has 34 heavy (non-hydrogen) atoms. The van der Waals surface area contributed by atoms with Gasteiger partial charge >= 0.3 is 0 Å². The molecule has 1 fully saturated rings. The second-order valence-electron chi connectivity index (χ2n) is 8.21. The first-order valence-electron chi connectivity index (χ1n) is 10.3. The highest BCUT2D eigenvalue weighted by Gasteiger charge is 2.43. The van der Waals surface area contributed by atoms with Gasteiger partial charge in [0, 0.05) is 15.8 Å². The number of halogens is 3. The van der Waals surface area contributed by atoms with Crippen LogP contribution in [0.4, 0.5) is 5.69 Å². The lowest BCUT2D eigenvalue weighted by atomic mass is 9.96. The molecule has 2 N–H and O–H groups in total. The second kappa shape index (κ2) is 9.64. The number of carbonyl (C=O) groups is 2. The first-order chi connectivity index (χ1) is 16.1. The Morgan fingerprint density at radius 3 is 2.71 bits per heavy atom. The van der Waals surface area contributed by atoms with Crippen molar-refractivity contribution < 1.29 is 9.59 Å². The van der Waals surface area contributed by atoms with Crippen LogP contribution in [-0.4, -0.2) is 32.1 Å². The summed E-state index contributed by atoms with van der Waals surface area (Å²) in [6.07, 6.45) is 3.35. The fourth-order valence-corrected chi connectivity index (χ4v) is 5.02. The Bertz CT molecular complexity index is 1350. The maximum absolute atomic E-state index is 13.4. The van der Waals surface area contributed by atoms with E-state index in [1.54, 1.807) is 37.4 Å². The Morgan fingerprint density at radius 2 is 2.06 bits per heavy atom. The summed E-state index contributed by atoms with van der Waals surface area (Å²) in [5, 5.41) is 20.0. The Morgan fingerprint density at radius 1 is 1.32 bits per heavy atom. The van der Waals surface area contributed by atoms with Gasteiger partial charge in [0.15, 0.2) is 5.82 Å². The van der Waals surface area contributed by atoms with Gasteiger partial charge in [0.25, 0.3) is 11.8 Å². The smallest absolute Gasteiger partial charge is 0.274 e. The van der Waals surface area contributed by atoms with Crippen LogP contribution in [0.2, 0.25) is 5.02 Å². The van der Waals surface area contributed by atoms with Crippen LogP contribution >= 0.6 is 50.1 Å². The van der Waals surface area contributed by atoms with E-state index in [9.17, 15) is 14.9 Å². The lowest BCUT2D eigenvalue weighted by molar-refractivity contribution is 0.0918. The summed E-state index contributed by atoms with van der Waals surface area (Å²) in [6, 6.07) is 10.7. The molecule has 0 spiro atoms. The fourth-order valence-electron chi connectivity index (χ4n) is 3.66. The van der Waals surface area contributed by atoms with Gasteiger partial charge in [-0.05, 0) is 101 Å². The van der Waals surface area contributed by atoms with Crippen molar-refractivity contribution in [2.24, 2.45) is 5.92 Å². The van der Waals surface area contributed by atoms with Crippen LogP contribution in [0.3, 0.4) is 0 Å². The predicted octanol–water partition coefficient (Wildman–Crippen LogP) is 5.27. The van der Waals surface area contributed by atoms with Crippen LogP contribution in [0.15, 0.2) is 41.1 Å². The van der Waals surface area contributed by atoms with Crippen molar-refractivity contribution in [1.82, 2.24) is 20.1 Å². The van der Waals surface area contributed by atoms with Gasteiger partial charge in [-0.1, -0.05) is 11.6 Å². The third-order valence-corrected chi connectivity index (χ3v) is 6.94. The van der Waals surface area contributed by atoms with Crippen molar-refractivity contribution in [2.45, 2.75) is 32.2 Å². The molecule has 11 heteroatoms. The molecular formula is C23H19BrClIN6O2. The topological polar surface area (TPSA) is 113 Å². The standard InChI is InChI=1S/C23H19BrClIN6O2/c1-12-8-14(26)9-15(21(33)30-23(2,11-27)13-5-6-13)19(12)29-22(34)17-10-18(24)31-32(17)20-16(25)4-3-7-28-20/h3-4,7-10,13H,5-6H2,1-2H3,(H,29,34)(H,30,33). The number of anilines is 1. The monoisotopic (exact) mass is 652 g/mol. The zero-order valence-corrected chi connectivity index (χ0v) is 22.7. The minimum Gasteiger partial charge on any atom is -0.334 e. The third-order valence-electron chi connectivity index (χ3n) is 5.63. The lowest BCUT2D eigenvalue weighted by Gasteiger charge is -2.24. The van der Waals surface area contributed by atoms with E-state index in [4.69, 9.17) is 11.6 Å². The molecule has 4 rings (SSSR count). The van der Waals surface area contributed by atoms with E-state index in [0.717, 1.165) is 16.4 Å². The summed E-state index contributed by atoms with van der Waals surface area (Å²) < 4.78 is 2.59. The number of benzene rings is 1. The molecule has 0 saturated heterocycles. The van der Waals surface area contributed by atoms with Crippen LogP contribution in [0.1, 0.15) is 46.2 Å². The van der Waals surface area contributed by atoms with Gasteiger partial charge in [-0.15, -0.1) is 0 Å². The Labute approximate surface area is 223 Å². The highest BCUT2D eigenvalue weighted by atomic mass is 127. The molecule has 1 aliphatic rings. The molecule has 0 aliphatic heterocycles. The molecule has 1 aliphatic carbocycles. The van der Waals surface area contributed by atoms with E-state index in [2.05, 4.69) is 65.3 Å². The van der Waals surface area contributed by atoms with Gasteiger partial charge in [-0.3, -0.25) is 9.59 Å². The number of carbonyl (C=O) groups excluding carboxylic acids is 2. The summed E-state index contributed by atoms with van der Waals surface area (Å²) in [6.45, 7) is 3.54. The Balaban J connectivity index is 1.69. The summed E-state index contributed by atoms with van der Waals surface area (Å²) in [7, 11) is 0. The maximum atomic E-state index is 13.4. The zero-order valence-electron chi connectivity index (χ0n) is 18.2. The zero-order chi connectivity index (χ0) is 24.6. The molecule has 2 aromatic heterocycles. The van der Waals surface area contributed by atoms with E-state index < -0.39 is 17.4 Å². The number of aryl methyl sites for hydroxylation is 1. The molecule has 1 saturated carbocycles. The Kier molecular flexibility index (Phi) is 6.98. The van der Waals surface area contributed by atoms with E-state index in [0.29, 0.717) is 26.7 Å². The molecule has 0 bridgehead atoms. The van der Waals surface area contributed by atoms with Crippen molar-refractivity contribution in [3.63, 3.8) is 0 Å². The van der Waals surface area contributed by atoms with Gasteiger partial charge in [0.1, 0.15) is 15.8 Å². The number of nitriles is 1. The lowest BCUT2D eigenvalue weighted by Crippen LogP contribution is -2.47. The highest BCUT2D eigenvalue weighted by molar-refractivity contribution is 14.1.